The summed E-state index contributed by atoms with van der Waals surface area (Å²) in [6.07, 6.45) is 2.53. The molecule has 2 aromatic rings. The Hall–Kier alpha value is -2.55. The van der Waals surface area contributed by atoms with Crippen molar-refractivity contribution in [3.63, 3.8) is 0 Å². The molecule has 1 N–H and O–H groups in total. The van der Waals surface area contributed by atoms with Gasteiger partial charge in [0.25, 0.3) is 0 Å². The average Bonchev–Trinajstić information content (AvgIpc) is 2.75. The number of benzene rings is 2. The highest BCUT2D eigenvalue weighted by atomic mass is 16.5. The number of rotatable bonds is 8. The molecule has 5 nitrogen and oxygen atoms in total. The first-order valence-corrected chi connectivity index (χ1v) is 10.8. The molecule has 0 amide bonds. The van der Waals surface area contributed by atoms with Crippen molar-refractivity contribution >= 4 is 11.4 Å². The van der Waals surface area contributed by atoms with Gasteiger partial charge in [0.05, 0.1) is 18.3 Å². The third-order valence-electron chi connectivity index (χ3n) is 5.82. The van der Waals surface area contributed by atoms with Crippen LogP contribution in [0.3, 0.4) is 0 Å². The summed E-state index contributed by atoms with van der Waals surface area (Å²) in [5.41, 5.74) is 2.44. The Labute approximate surface area is 180 Å². The minimum Gasteiger partial charge on any atom is -0.491 e. The zero-order chi connectivity index (χ0) is 21.6. The molecule has 30 heavy (non-hydrogen) atoms. The van der Waals surface area contributed by atoms with Gasteiger partial charge in [-0.3, -0.25) is 4.90 Å². The first kappa shape index (κ1) is 22.1. The Morgan fingerprint density at radius 1 is 1.10 bits per heavy atom. The van der Waals surface area contributed by atoms with Crippen LogP contribution < -0.4 is 9.64 Å². The number of hydrogen-bond donors (Lipinski definition) is 1. The van der Waals surface area contributed by atoms with Crippen molar-refractivity contribution in [2.45, 2.75) is 51.4 Å². The molecule has 0 saturated carbocycles. The molecule has 1 aliphatic rings. The lowest BCUT2D eigenvalue weighted by Crippen LogP contribution is -2.45. The van der Waals surface area contributed by atoms with Crippen LogP contribution >= 0.6 is 0 Å². The zero-order valence-electron chi connectivity index (χ0n) is 18.3. The van der Waals surface area contributed by atoms with Gasteiger partial charge in [-0.1, -0.05) is 24.3 Å². The number of anilines is 1. The molecular formula is C25H33N3O2. The van der Waals surface area contributed by atoms with Crippen LogP contribution in [0.5, 0.6) is 5.75 Å². The van der Waals surface area contributed by atoms with Gasteiger partial charge in [0, 0.05) is 38.9 Å². The molecular weight excluding hydrogens is 374 g/mol. The Morgan fingerprint density at radius 2 is 1.73 bits per heavy atom. The van der Waals surface area contributed by atoms with E-state index in [9.17, 15) is 5.11 Å². The van der Waals surface area contributed by atoms with Crippen LogP contribution in [-0.2, 0) is 6.54 Å². The van der Waals surface area contributed by atoms with Gasteiger partial charge in [-0.25, -0.2) is 4.85 Å². The molecule has 160 valence electrons. The molecule has 0 unspecified atom stereocenters. The fraction of sp³-hybridized carbons (Fsp3) is 0.480. The maximum Gasteiger partial charge on any atom is 0.187 e. The van der Waals surface area contributed by atoms with Crippen molar-refractivity contribution in [2.24, 2.45) is 0 Å². The number of likely N-dealkylation sites (tertiary alicyclic amines) is 1. The topological polar surface area (TPSA) is 40.3 Å². The molecule has 0 aromatic heterocycles. The molecule has 1 heterocycles. The summed E-state index contributed by atoms with van der Waals surface area (Å²) in [6.45, 7) is 14.6. The number of ether oxygens (including phenoxy) is 1. The number of piperidine rings is 1. The molecule has 1 fully saturated rings. The van der Waals surface area contributed by atoms with Gasteiger partial charge in [-0.05, 0) is 62.9 Å². The normalized spacial score (nSPS) is 16.3. The highest BCUT2D eigenvalue weighted by Gasteiger charge is 2.32. The second-order valence-electron chi connectivity index (χ2n) is 8.61. The van der Waals surface area contributed by atoms with Gasteiger partial charge in [-0.15, -0.1) is 0 Å². The lowest BCUT2D eigenvalue weighted by molar-refractivity contribution is -0.0275. The van der Waals surface area contributed by atoms with Gasteiger partial charge < -0.3 is 14.7 Å². The van der Waals surface area contributed by atoms with Crippen molar-refractivity contribution in [3.05, 3.63) is 65.5 Å². The van der Waals surface area contributed by atoms with E-state index in [1.807, 2.05) is 50.2 Å². The Bertz CT molecular complexity index is 832. The minimum absolute atomic E-state index is 0.173. The number of nitrogens with zero attached hydrogens (tertiary/aromatic N) is 3. The molecule has 0 radical (unpaired) electrons. The largest absolute Gasteiger partial charge is 0.491 e. The minimum atomic E-state index is -0.598. The standard InChI is InChI=1S/C25H33N3O2/c1-20(2)30-24-11-9-23(10-12-24)27(4)16-13-25(29)14-17-28(18-15-25)19-21-5-7-22(26-3)8-6-21/h5-12,20,29H,13-19H2,1-2,4H3. The zero-order valence-corrected chi connectivity index (χ0v) is 18.3. The molecule has 0 aliphatic carbocycles. The Balaban J connectivity index is 1.45. The van der Waals surface area contributed by atoms with Crippen LogP contribution in [0.1, 0.15) is 38.7 Å². The highest BCUT2D eigenvalue weighted by molar-refractivity contribution is 5.48. The predicted molar refractivity (Wildman–Crippen MR) is 122 cm³/mol. The third kappa shape index (κ3) is 6.22. The van der Waals surface area contributed by atoms with E-state index in [1.165, 1.54) is 5.56 Å². The van der Waals surface area contributed by atoms with E-state index in [1.54, 1.807) is 0 Å². The Morgan fingerprint density at radius 3 is 2.30 bits per heavy atom. The van der Waals surface area contributed by atoms with Gasteiger partial charge >= 0.3 is 0 Å². The highest BCUT2D eigenvalue weighted by Crippen LogP contribution is 2.28. The summed E-state index contributed by atoms with van der Waals surface area (Å²) in [6, 6.07) is 16.0. The summed E-state index contributed by atoms with van der Waals surface area (Å²) in [5, 5.41) is 11.1. The molecule has 0 atom stereocenters. The molecule has 0 bridgehead atoms. The van der Waals surface area contributed by atoms with Gasteiger partial charge in [0.2, 0.25) is 0 Å². The van der Waals surface area contributed by atoms with E-state index < -0.39 is 5.60 Å². The summed E-state index contributed by atoms with van der Waals surface area (Å²) < 4.78 is 5.71. The van der Waals surface area contributed by atoms with Crippen LogP contribution in [0.2, 0.25) is 0 Å². The van der Waals surface area contributed by atoms with Crippen molar-refractivity contribution in [3.8, 4) is 5.75 Å². The van der Waals surface area contributed by atoms with E-state index >= 15 is 0 Å². The number of aliphatic hydroxyl groups is 1. The van der Waals surface area contributed by atoms with Gasteiger partial charge in [0.1, 0.15) is 5.75 Å². The summed E-state index contributed by atoms with van der Waals surface area (Å²) in [7, 11) is 2.07. The van der Waals surface area contributed by atoms with Crippen molar-refractivity contribution < 1.29 is 9.84 Å². The monoisotopic (exact) mass is 407 g/mol. The van der Waals surface area contributed by atoms with Crippen LogP contribution in [0, 0.1) is 6.57 Å². The molecule has 1 saturated heterocycles. The fourth-order valence-corrected chi connectivity index (χ4v) is 3.87. The maximum absolute atomic E-state index is 11.1. The van der Waals surface area contributed by atoms with Crippen molar-refractivity contribution in [2.75, 3.05) is 31.6 Å². The molecule has 5 heteroatoms. The van der Waals surface area contributed by atoms with Crippen LogP contribution in [0.15, 0.2) is 48.5 Å². The molecule has 2 aromatic carbocycles. The predicted octanol–water partition coefficient (Wildman–Crippen LogP) is 4.88. The van der Waals surface area contributed by atoms with Gasteiger partial charge in [0.15, 0.2) is 5.69 Å². The molecule has 1 aliphatic heterocycles. The van der Waals surface area contributed by atoms with Crippen LogP contribution in [0.25, 0.3) is 4.85 Å². The van der Waals surface area contributed by atoms with E-state index in [2.05, 4.69) is 33.8 Å². The van der Waals surface area contributed by atoms with E-state index in [0.29, 0.717) is 5.69 Å². The second-order valence-corrected chi connectivity index (χ2v) is 8.61. The van der Waals surface area contributed by atoms with Crippen LogP contribution in [-0.4, -0.2) is 48.4 Å². The second kappa shape index (κ2) is 9.97. The van der Waals surface area contributed by atoms with Crippen LogP contribution in [0.4, 0.5) is 11.4 Å². The number of hydrogen-bond acceptors (Lipinski definition) is 4. The molecule has 3 rings (SSSR count). The fourth-order valence-electron chi connectivity index (χ4n) is 3.87. The Kier molecular flexibility index (Phi) is 7.36. The summed E-state index contributed by atoms with van der Waals surface area (Å²) >= 11 is 0. The third-order valence-corrected chi connectivity index (χ3v) is 5.82. The summed E-state index contributed by atoms with van der Waals surface area (Å²) in [4.78, 5) is 8.03. The van der Waals surface area contributed by atoms with E-state index in [4.69, 9.17) is 11.3 Å². The summed E-state index contributed by atoms with van der Waals surface area (Å²) in [5.74, 6) is 0.886. The van der Waals surface area contributed by atoms with Crippen molar-refractivity contribution in [1.29, 1.82) is 0 Å². The smallest absolute Gasteiger partial charge is 0.187 e. The SMILES string of the molecule is [C-]#[N+]c1ccc(CN2CCC(O)(CCN(C)c3ccc(OC(C)C)cc3)CC2)cc1. The maximum atomic E-state index is 11.1. The quantitative estimate of drug-likeness (QED) is 0.633. The van der Waals surface area contributed by atoms with E-state index in [-0.39, 0.29) is 6.10 Å². The first-order chi connectivity index (χ1) is 14.4. The first-order valence-electron chi connectivity index (χ1n) is 10.8. The lowest BCUT2D eigenvalue weighted by Gasteiger charge is -2.39. The van der Waals surface area contributed by atoms with Crippen molar-refractivity contribution in [1.82, 2.24) is 4.90 Å². The van der Waals surface area contributed by atoms with E-state index in [0.717, 1.165) is 56.9 Å². The average molecular weight is 408 g/mol. The molecule has 0 spiro atoms. The van der Waals surface area contributed by atoms with Gasteiger partial charge in [-0.2, -0.15) is 0 Å². The lowest BCUT2D eigenvalue weighted by atomic mass is 9.88.